The molecule has 1 aliphatic heterocycles. The zero-order valence-corrected chi connectivity index (χ0v) is 19.1. The molecule has 0 spiro atoms. The van der Waals surface area contributed by atoms with Crippen LogP contribution in [-0.2, 0) is 17.6 Å². The van der Waals surface area contributed by atoms with Crippen molar-refractivity contribution in [3.8, 4) is 0 Å². The lowest BCUT2D eigenvalue weighted by Crippen LogP contribution is -2.38. The van der Waals surface area contributed by atoms with Crippen LogP contribution >= 0.6 is 11.6 Å². The molecular formula is C25H33ClN4O. The van der Waals surface area contributed by atoms with E-state index in [0.29, 0.717) is 13.0 Å². The summed E-state index contributed by atoms with van der Waals surface area (Å²) in [7, 11) is 0. The summed E-state index contributed by atoms with van der Waals surface area (Å²) in [5.74, 6) is 1.34. The van der Waals surface area contributed by atoms with Crippen LogP contribution in [0.25, 0.3) is 0 Å². The van der Waals surface area contributed by atoms with Crippen molar-refractivity contribution in [2.75, 3.05) is 32.7 Å². The third-order valence-electron chi connectivity index (χ3n) is 5.53. The van der Waals surface area contributed by atoms with Crippen LogP contribution < -0.4 is 10.6 Å². The molecule has 0 aromatic heterocycles. The number of likely N-dealkylation sites (tertiary alicyclic amines) is 1. The Morgan fingerprint density at radius 3 is 2.65 bits per heavy atom. The molecule has 0 saturated carbocycles. The lowest BCUT2D eigenvalue weighted by Gasteiger charge is -2.16. The van der Waals surface area contributed by atoms with Gasteiger partial charge in [-0.05, 0) is 43.4 Å². The smallest absolute Gasteiger partial charge is 0.223 e. The highest BCUT2D eigenvalue weighted by Gasteiger charge is 2.28. The van der Waals surface area contributed by atoms with Crippen molar-refractivity contribution >= 4 is 23.5 Å². The predicted octanol–water partition coefficient (Wildman–Crippen LogP) is 3.92. The van der Waals surface area contributed by atoms with Gasteiger partial charge in [-0.25, -0.2) is 0 Å². The number of hydrogen-bond donors (Lipinski definition) is 2. The van der Waals surface area contributed by atoms with E-state index < -0.39 is 0 Å². The van der Waals surface area contributed by atoms with E-state index in [1.54, 1.807) is 0 Å². The SMILES string of the molecule is CCNC(=NCC1CC(=O)N(CCc2ccccc2)C1)NCCCc1ccccc1Cl. The molecule has 2 aromatic carbocycles. The first kappa shape index (κ1) is 23.1. The average molecular weight is 441 g/mol. The topological polar surface area (TPSA) is 56.7 Å². The number of guanidine groups is 1. The van der Waals surface area contributed by atoms with Crippen LogP contribution in [0, 0.1) is 5.92 Å². The Morgan fingerprint density at radius 1 is 1.10 bits per heavy atom. The minimum atomic E-state index is 0.244. The van der Waals surface area contributed by atoms with Crippen molar-refractivity contribution in [2.24, 2.45) is 10.9 Å². The first-order chi connectivity index (χ1) is 15.2. The van der Waals surface area contributed by atoms with Crippen LogP contribution in [0.15, 0.2) is 59.6 Å². The Morgan fingerprint density at radius 2 is 1.87 bits per heavy atom. The Labute approximate surface area is 190 Å². The van der Waals surface area contributed by atoms with E-state index in [1.807, 2.05) is 41.3 Å². The van der Waals surface area contributed by atoms with Gasteiger partial charge in [0.05, 0.1) is 0 Å². The Hall–Kier alpha value is -2.53. The van der Waals surface area contributed by atoms with E-state index in [4.69, 9.17) is 16.6 Å². The van der Waals surface area contributed by atoms with Crippen LogP contribution in [-0.4, -0.2) is 49.5 Å². The Balaban J connectivity index is 1.42. The number of carbonyl (C=O) groups excluding carboxylic acids is 1. The van der Waals surface area contributed by atoms with Gasteiger partial charge in [-0.2, -0.15) is 0 Å². The van der Waals surface area contributed by atoms with Gasteiger partial charge in [0.2, 0.25) is 5.91 Å². The van der Waals surface area contributed by atoms with Crippen LogP contribution in [0.5, 0.6) is 0 Å². The maximum atomic E-state index is 12.4. The molecule has 1 aliphatic rings. The van der Waals surface area contributed by atoms with Crippen LogP contribution in [0.1, 0.15) is 30.9 Å². The van der Waals surface area contributed by atoms with E-state index in [9.17, 15) is 4.79 Å². The van der Waals surface area contributed by atoms with Gasteiger partial charge in [-0.1, -0.05) is 60.1 Å². The molecular weight excluding hydrogens is 408 g/mol. The lowest BCUT2D eigenvalue weighted by molar-refractivity contribution is -0.127. The molecule has 2 N–H and O–H groups in total. The molecule has 1 saturated heterocycles. The summed E-state index contributed by atoms with van der Waals surface area (Å²) in [5, 5.41) is 7.53. The minimum Gasteiger partial charge on any atom is -0.357 e. The number of aliphatic imine (C=N–C) groups is 1. The normalized spacial score (nSPS) is 16.6. The molecule has 1 unspecified atom stereocenters. The third-order valence-corrected chi connectivity index (χ3v) is 5.90. The van der Waals surface area contributed by atoms with Crippen molar-refractivity contribution < 1.29 is 4.79 Å². The van der Waals surface area contributed by atoms with Gasteiger partial charge in [-0.15, -0.1) is 0 Å². The number of nitrogens with one attached hydrogen (secondary N) is 2. The van der Waals surface area contributed by atoms with Crippen molar-refractivity contribution in [3.63, 3.8) is 0 Å². The number of rotatable bonds is 10. The molecule has 3 rings (SSSR count). The van der Waals surface area contributed by atoms with Gasteiger partial charge >= 0.3 is 0 Å². The quantitative estimate of drug-likeness (QED) is 0.334. The van der Waals surface area contributed by atoms with Crippen LogP contribution in [0.4, 0.5) is 0 Å². The lowest BCUT2D eigenvalue weighted by atomic mass is 10.1. The molecule has 0 aliphatic carbocycles. The number of hydrogen-bond acceptors (Lipinski definition) is 2. The molecule has 5 nitrogen and oxygen atoms in total. The van der Waals surface area contributed by atoms with Gasteiger partial charge in [0.15, 0.2) is 5.96 Å². The Kier molecular flexibility index (Phi) is 9.22. The minimum absolute atomic E-state index is 0.244. The summed E-state index contributed by atoms with van der Waals surface area (Å²) in [6.07, 6.45) is 3.39. The molecule has 166 valence electrons. The molecule has 0 bridgehead atoms. The van der Waals surface area contributed by atoms with Crippen LogP contribution in [0.3, 0.4) is 0 Å². The van der Waals surface area contributed by atoms with Gasteiger partial charge < -0.3 is 15.5 Å². The molecule has 0 radical (unpaired) electrons. The summed E-state index contributed by atoms with van der Waals surface area (Å²) in [6, 6.07) is 18.3. The molecule has 31 heavy (non-hydrogen) atoms. The standard InChI is InChI=1S/C25H33ClN4O/c1-2-27-25(28-15-8-12-22-11-6-7-13-23(22)26)29-18-21-17-24(31)30(19-21)16-14-20-9-4-3-5-10-20/h3-7,9-11,13,21H,2,8,12,14-19H2,1H3,(H2,27,28,29). The fourth-order valence-electron chi connectivity index (χ4n) is 3.85. The first-order valence-corrected chi connectivity index (χ1v) is 11.6. The van der Waals surface area contributed by atoms with E-state index in [1.165, 1.54) is 11.1 Å². The number of benzene rings is 2. The summed E-state index contributed by atoms with van der Waals surface area (Å²) in [6.45, 7) is 5.93. The van der Waals surface area contributed by atoms with E-state index in [0.717, 1.165) is 56.4 Å². The summed E-state index contributed by atoms with van der Waals surface area (Å²) >= 11 is 6.23. The second-order valence-corrected chi connectivity index (χ2v) is 8.39. The van der Waals surface area contributed by atoms with Crippen molar-refractivity contribution in [1.29, 1.82) is 0 Å². The second-order valence-electron chi connectivity index (χ2n) is 7.99. The molecule has 1 heterocycles. The largest absolute Gasteiger partial charge is 0.357 e. The van der Waals surface area contributed by atoms with Gasteiger partial charge in [0.1, 0.15) is 0 Å². The number of halogens is 1. The van der Waals surface area contributed by atoms with E-state index in [2.05, 4.69) is 35.8 Å². The van der Waals surface area contributed by atoms with Gasteiger partial charge in [0, 0.05) is 50.1 Å². The number of aryl methyl sites for hydroxylation is 1. The summed E-state index contributed by atoms with van der Waals surface area (Å²) < 4.78 is 0. The fourth-order valence-corrected chi connectivity index (χ4v) is 4.08. The van der Waals surface area contributed by atoms with Crippen LogP contribution in [0.2, 0.25) is 5.02 Å². The van der Waals surface area contributed by atoms with Crippen molar-refractivity contribution in [1.82, 2.24) is 15.5 Å². The summed E-state index contributed by atoms with van der Waals surface area (Å²) in [5.41, 5.74) is 2.44. The van der Waals surface area contributed by atoms with Crippen molar-refractivity contribution in [2.45, 2.75) is 32.6 Å². The number of carbonyl (C=O) groups is 1. The molecule has 1 amide bonds. The highest BCUT2D eigenvalue weighted by atomic mass is 35.5. The van der Waals surface area contributed by atoms with Gasteiger partial charge in [-0.3, -0.25) is 9.79 Å². The fraction of sp³-hybridized carbons (Fsp3) is 0.440. The molecule has 1 fully saturated rings. The molecule has 6 heteroatoms. The first-order valence-electron chi connectivity index (χ1n) is 11.2. The Bertz CT molecular complexity index is 856. The molecule has 1 atom stereocenters. The number of nitrogens with zero attached hydrogens (tertiary/aromatic N) is 2. The maximum absolute atomic E-state index is 12.4. The maximum Gasteiger partial charge on any atom is 0.223 e. The molecule has 2 aromatic rings. The predicted molar refractivity (Wildman–Crippen MR) is 129 cm³/mol. The monoisotopic (exact) mass is 440 g/mol. The van der Waals surface area contributed by atoms with E-state index >= 15 is 0 Å². The number of amides is 1. The highest BCUT2D eigenvalue weighted by molar-refractivity contribution is 6.31. The zero-order chi connectivity index (χ0) is 21.9. The highest BCUT2D eigenvalue weighted by Crippen LogP contribution is 2.19. The average Bonchev–Trinajstić information content (AvgIpc) is 3.14. The second kappa shape index (κ2) is 12.4. The zero-order valence-electron chi connectivity index (χ0n) is 18.3. The summed E-state index contributed by atoms with van der Waals surface area (Å²) in [4.78, 5) is 19.1. The van der Waals surface area contributed by atoms with Gasteiger partial charge in [0.25, 0.3) is 0 Å². The van der Waals surface area contributed by atoms with E-state index in [-0.39, 0.29) is 11.8 Å². The third kappa shape index (κ3) is 7.59. The van der Waals surface area contributed by atoms with Crippen molar-refractivity contribution in [3.05, 3.63) is 70.7 Å².